The van der Waals surface area contributed by atoms with E-state index in [2.05, 4.69) is 26.1 Å². The van der Waals surface area contributed by atoms with Gasteiger partial charge in [0.2, 0.25) is 5.91 Å². The zero-order valence-corrected chi connectivity index (χ0v) is 9.29. The van der Waals surface area contributed by atoms with Crippen molar-refractivity contribution in [3.63, 3.8) is 0 Å². The van der Waals surface area contributed by atoms with Gasteiger partial charge in [0.15, 0.2) is 0 Å². The molecule has 0 spiro atoms. The van der Waals surface area contributed by atoms with Gasteiger partial charge in [-0.3, -0.25) is 4.79 Å². The molecule has 4 unspecified atom stereocenters. The quantitative estimate of drug-likeness (QED) is 0.634. The molecule has 0 aliphatic carbocycles. The van der Waals surface area contributed by atoms with Crippen LogP contribution in [0.25, 0.3) is 0 Å². The molecule has 2 saturated heterocycles. The molecule has 3 nitrogen and oxygen atoms in total. The largest absolute Gasteiger partial charge is 0.332 e. The molecule has 4 atom stereocenters. The Morgan fingerprint density at radius 1 is 1.29 bits per heavy atom. The van der Waals surface area contributed by atoms with Crippen LogP contribution in [0.5, 0.6) is 0 Å². The van der Waals surface area contributed by atoms with Gasteiger partial charge in [-0.15, -0.1) is 0 Å². The number of nitrogens with one attached hydrogen (secondary N) is 1. The summed E-state index contributed by atoms with van der Waals surface area (Å²) >= 11 is 0. The average molecular weight is 196 g/mol. The van der Waals surface area contributed by atoms with Crippen molar-refractivity contribution in [2.45, 2.75) is 51.7 Å². The summed E-state index contributed by atoms with van der Waals surface area (Å²) < 4.78 is 0. The Morgan fingerprint density at radius 2 is 1.93 bits per heavy atom. The summed E-state index contributed by atoms with van der Waals surface area (Å²) in [7, 11) is 0. The molecule has 0 aromatic rings. The number of rotatable bonds is 1. The molecule has 3 heteroatoms. The molecule has 0 saturated carbocycles. The van der Waals surface area contributed by atoms with Crippen LogP contribution in [0.4, 0.5) is 0 Å². The molecule has 2 rings (SSSR count). The number of carbonyl (C=O) groups is 1. The minimum Gasteiger partial charge on any atom is -0.332 e. The van der Waals surface area contributed by atoms with E-state index in [0.717, 1.165) is 6.54 Å². The maximum Gasteiger partial charge on any atom is 0.240 e. The van der Waals surface area contributed by atoms with Crippen LogP contribution in [-0.4, -0.2) is 35.5 Å². The molecule has 0 radical (unpaired) electrons. The van der Waals surface area contributed by atoms with E-state index in [1.54, 1.807) is 0 Å². The lowest BCUT2D eigenvalue weighted by Gasteiger charge is -2.29. The monoisotopic (exact) mass is 196 g/mol. The van der Waals surface area contributed by atoms with Gasteiger partial charge in [0, 0.05) is 12.1 Å². The fraction of sp³-hybridized carbons (Fsp3) is 0.909. The first kappa shape index (κ1) is 9.97. The van der Waals surface area contributed by atoms with Gasteiger partial charge < -0.3 is 10.2 Å². The van der Waals surface area contributed by atoms with E-state index in [-0.39, 0.29) is 6.04 Å². The highest BCUT2D eigenvalue weighted by molar-refractivity contribution is 5.85. The highest BCUT2D eigenvalue weighted by Gasteiger charge is 2.47. The maximum absolute atomic E-state index is 12.1. The van der Waals surface area contributed by atoms with Gasteiger partial charge in [-0.05, 0) is 39.2 Å². The summed E-state index contributed by atoms with van der Waals surface area (Å²) in [4.78, 5) is 14.1. The molecule has 2 aliphatic heterocycles. The molecule has 0 aromatic heterocycles. The molecular weight excluding hydrogens is 176 g/mol. The van der Waals surface area contributed by atoms with Crippen LogP contribution < -0.4 is 5.32 Å². The van der Waals surface area contributed by atoms with Gasteiger partial charge in [0.25, 0.3) is 0 Å². The summed E-state index contributed by atoms with van der Waals surface area (Å²) in [6.07, 6.45) is 2.38. The number of carbonyl (C=O) groups excluding carboxylic acids is 1. The lowest BCUT2D eigenvalue weighted by molar-refractivity contribution is -0.130. The van der Waals surface area contributed by atoms with E-state index >= 15 is 0 Å². The van der Waals surface area contributed by atoms with E-state index in [0.29, 0.717) is 23.9 Å². The van der Waals surface area contributed by atoms with E-state index in [1.807, 2.05) is 4.90 Å². The van der Waals surface area contributed by atoms with Crippen LogP contribution in [0.1, 0.15) is 33.6 Å². The molecule has 80 valence electrons. The second kappa shape index (κ2) is 3.54. The smallest absolute Gasteiger partial charge is 0.240 e. The summed E-state index contributed by atoms with van der Waals surface area (Å²) in [5.74, 6) is 0.813. The third-order valence-corrected chi connectivity index (χ3v) is 3.78. The van der Waals surface area contributed by atoms with E-state index in [9.17, 15) is 4.79 Å². The van der Waals surface area contributed by atoms with Gasteiger partial charge >= 0.3 is 0 Å². The summed E-state index contributed by atoms with van der Waals surface area (Å²) in [5, 5.41) is 3.34. The van der Waals surface area contributed by atoms with Crippen molar-refractivity contribution in [2.24, 2.45) is 5.92 Å². The lowest BCUT2D eigenvalue weighted by Crippen LogP contribution is -2.48. The molecule has 14 heavy (non-hydrogen) atoms. The second-order valence-electron chi connectivity index (χ2n) is 4.78. The lowest BCUT2D eigenvalue weighted by atomic mass is 9.92. The van der Waals surface area contributed by atoms with E-state index in [1.165, 1.54) is 12.8 Å². The summed E-state index contributed by atoms with van der Waals surface area (Å²) in [5.41, 5.74) is 0. The van der Waals surface area contributed by atoms with Crippen molar-refractivity contribution >= 4 is 5.91 Å². The van der Waals surface area contributed by atoms with Gasteiger partial charge in [0.05, 0.1) is 6.04 Å². The predicted molar refractivity (Wildman–Crippen MR) is 56.0 cm³/mol. The number of hydrogen-bond donors (Lipinski definition) is 1. The van der Waals surface area contributed by atoms with Crippen molar-refractivity contribution < 1.29 is 4.79 Å². The molecule has 2 aliphatic rings. The maximum atomic E-state index is 12.1. The zero-order valence-electron chi connectivity index (χ0n) is 9.29. The third-order valence-electron chi connectivity index (χ3n) is 3.78. The summed E-state index contributed by atoms with van der Waals surface area (Å²) in [6, 6.07) is 0.994. The molecule has 1 amide bonds. The van der Waals surface area contributed by atoms with Crippen LogP contribution in [0, 0.1) is 5.92 Å². The third kappa shape index (κ3) is 1.54. The Bertz CT molecular complexity index is 233. The Morgan fingerprint density at radius 3 is 2.43 bits per heavy atom. The number of hydrogen-bond acceptors (Lipinski definition) is 2. The minimum atomic E-state index is 0.0798. The van der Waals surface area contributed by atoms with E-state index in [4.69, 9.17) is 0 Å². The molecule has 2 fully saturated rings. The second-order valence-corrected chi connectivity index (χ2v) is 4.78. The van der Waals surface area contributed by atoms with Gasteiger partial charge in [-0.1, -0.05) is 6.92 Å². The van der Waals surface area contributed by atoms with Crippen molar-refractivity contribution in [3.8, 4) is 0 Å². The number of nitrogens with zero attached hydrogens (tertiary/aromatic N) is 1. The van der Waals surface area contributed by atoms with Crippen molar-refractivity contribution in [2.75, 3.05) is 6.54 Å². The molecule has 2 heterocycles. The Kier molecular flexibility index (Phi) is 2.52. The fourth-order valence-corrected chi connectivity index (χ4v) is 2.45. The Labute approximate surface area is 85.8 Å². The number of amides is 1. The van der Waals surface area contributed by atoms with Gasteiger partial charge in [0.1, 0.15) is 0 Å². The molecule has 0 bridgehead atoms. The summed E-state index contributed by atoms with van der Waals surface area (Å²) in [6.45, 7) is 7.41. The number of piperidine rings is 1. The fourth-order valence-electron chi connectivity index (χ4n) is 2.45. The molecule has 0 aromatic carbocycles. The average Bonchev–Trinajstić information content (AvgIpc) is 2.75. The van der Waals surface area contributed by atoms with Crippen LogP contribution in [0.2, 0.25) is 0 Å². The van der Waals surface area contributed by atoms with Crippen molar-refractivity contribution in [1.82, 2.24) is 10.2 Å². The normalized spacial score (nSPS) is 42.4. The SMILES string of the molecule is CC1CCCNC1C(=O)N1C(C)C1C. The van der Waals surface area contributed by atoms with Gasteiger partial charge in [-0.2, -0.15) is 0 Å². The van der Waals surface area contributed by atoms with Crippen LogP contribution >= 0.6 is 0 Å². The molecule has 1 N–H and O–H groups in total. The van der Waals surface area contributed by atoms with Crippen LogP contribution in [0.3, 0.4) is 0 Å². The first-order valence-corrected chi connectivity index (χ1v) is 5.68. The van der Waals surface area contributed by atoms with Gasteiger partial charge in [-0.25, -0.2) is 0 Å². The Hall–Kier alpha value is -0.570. The first-order valence-electron chi connectivity index (χ1n) is 5.68. The highest BCUT2D eigenvalue weighted by atomic mass is 16.2. The topological polar surface area (TPSA) is 32.1 Å². The zero-order chi connectivity index (χ0) is 10.3. The van der Waals surface area contributed by atoms with Crippen molar-refractivity contribution in [3.05, 3.63) is 0 Å². The first-order chi connectivity index (χ1) is 6.63. The van der Waals surface area contributed by atoms with Crippen molar-refractivity contribution in [1.29, 1.82) is 0 Å². The predicted octanol–water partition coefficient (Wildman–Crippen LogP) is 0.994. The van der Waals surface area contributed by atoms with Crippen LogP contribution in [0.15, 0.2) is 0 Å². The van der Waals surface area contributed by atoms with E-state index < -0.39 is 0 Å². The minimum absolute atomic E-state index is 0.0798. The Balaban J connectivity index is 1.97. The standard InChI is InChI=1S/C11H20N2O/c1-7-5-4-6-12-10(7)11(14)13-8(2)9(13)3/h7-10,12H,4-6H2,1-3H3. The van der Waals surface area contributed by atoms with Crippen LogP contribution in [-0.2, 0) is 4.79 Å². The highest BCUT2D eigenvalue weighted by Crippen LogP contribution is 2.30. The molecular formula is C11H20N2O.